The summed E-state index contributed by atoms with van der Waals surface area (Å²) in [5.74, 6) is 0. The van der Waals surface area contributed by atoms with Gasteiger partial charge in [-0.3, -0.25) is 0 Å². The van der Waals surface area contributed by atoms with Crippen molar-refractivity contribution in [3.8, 4) is 0 Å². The Bertz CT molecular complexity index is 762. The topological polar surface area (TPSA) is 69.2 Å². The number of rotatable bonds is 18. The third kappa shape index (κ3) is 17.3. The second kappa shape index (κ2) is 20.0. The van der Waals surface area contributed by atoms with Crippen molar-refractivity contribution < 1.29 is 17.5 Å². The third-order valence-corrected chi connectivity index (χ3v) is 8.71. The Morgan fingerprint density at radius 1 is 0.811 bits per heavy atom. The van der Waals surface area contributed by atoms with Gasteiger partial charge in [-0.2, -0.15) is 0 Å². The van der Waals surface area contributed by atoms with Crippen molar-refractivity contribution in [3.05, 3.63) is 35.9 Å². The van der Waals surface area contributed by atoms with E-state index in [0.717, 1.165) is 36.6 Å². The molecule has 0 heterocycles. The normalized spacial score (nSPS) is 15.7. The van der Waals surface area contributed by atoms with E-state index in [1.165, 1.54) is 95.6 Å². The first-order valence-corrected chi connectivity index (χ1v) is 16.7. The highest BCUT2D eigenvalue weighted by Crippen LogP contribution is 2.30. The second-order valence-corrected chi connectivity index (χ2v) is 12.7. The van der Waals surface area contributed by atoms with E-state index in [1.807, 2.05) is 0 Å². The Hall–Kier alpha value is -0.950. The fourth-order valence-electron chi connectivity index (χ4n) is 5.42. The number of hydrogen-bond acceptors (Lipinski definition) is 3. The van der Waals surface area contributed by atoms with Crippen molar-refractivity contribution in [2.24, 2.45) is 0 Å². The van der Waals surface area contributed by atoms with E-state index in [0.29, 0.717) is 6.04 Å². The minimum absolute atomic E-state index is 0.105. The molecule has 216 valence electrons. The highest BCUT2D eigenvalue weighted by atomic mass is 32.2. The molecule has 0 bridgehead atoms. The van der Waals surface area contributed by atoms with Gasteiger partial charge in [-0.25, -0.2) is 13.1 Å². The molecule has 1 fully saturated rings. The number of hydrogen-bond donors (Lipinski definition) is 1. The SMILES string of the molecule is CCCCCCCCCCCCCCC(c1ccccc1)[N+](C)(C)CC.O=S(=O)([O-])NC1CCCCC1. The smallest absolute Gasteiger partial charge is 0.159 e. The molecule has 2 rings (SSSR count). The number of benzene rings is 1. The van der Waals surface area contributed by atoms with Crippen LogP contribution < -0.4 is 4.72 Å². The number of nitrogens with zero attached hydrogens (tertiary/aromatic N) is 1. The summed E-state index contributed by atoms with van der Waals surface area (Å²) in [5.41, 5.74) is 1.52. The zero-order valence-corrected chi connectivity index (χ0v) is 25.4. The van der Waals surface area contributed by atoms with E-state index in [1.54, 1.807) is 0 Å². The van der Waals surface area contributed by atoms with Crippen LogP contribution in [-0.2, 0) is 10.3 Å². The fourth-order valence-corrected chi connectivity index (χ4v) is 6.06. The summed E-state index contributed by atoms with van der Waals surface area (Å²) < 4.78 is 33.9. The first kappa shape index (κ1) is 34.1. The highest BCUT2D eigenvalue weighted by Gasteiger charge is 2.27. The molecule has 0 saturated heterocycles. The van der Waals surface area contributed by atoms with Crippen molar-refractivity contribution in [1.82, 2.24) is 4.72 Å². The molecule has 1 aliphatic carbocycles. The van der Waals surface area contributed by atoms with Crippen LogP contribution in [0.5, 0.6) is 0 Å². The molecule has 6 heteroatoms. The predicted molar refractivity (Wildman–Crippen MR) is 157 cm³/mol. The van der Waals surface area contributed by atoms with E-state index in [4.69, 9.17) is 0 Å². The quantitative estimate of drug-likeness (QED) is 0.116. The molecule has 1 N–H and O–H groups in total. The van der Waals surface area contributed by atoms with Gasteiger partial charge in [0, 0.05) is 18.0 Å². The van der Waals surface area contributed by atoms with Crippen LogP contribution in [0.1, 0.15) is 141 Å². The molecule has 0 spiro atoms. The lowest BCUT2D eigenvalue weighted by molar-refractivity contribution is -0.920. The first-order valence-electron chi connectivity index (χ1n) is 15.3. The zero-order chi connectivity index (χ0) is 27.4. The minimum Gasteiger partial charge on any atom is -0.735 e. The fraction of sp³-hybridized carbons (Fsp3) is 0.806. The summed E-state index contributed by atoms with van der Waals surface area (Å²) in [6.07, 6.45) is 23.3. The largest absolute Gasteiger partial charge is 0.735 e. The molecule has 37 heavy (non-hydrogen) atoms. The van der Waals surface area contributed by atoms with Crippen LogP contribution in [0, 0.1) is 0 Å². The number of quaternary nitrogens is 1. The maximum Gasteiger partial charge on any atom is 0.159 e. The lowest BCUT2D eigenvalue weighted by atomic mass is 9.96. The molecular formula is C31H58N2O3S. The molecule has 0 radical (unpaired) electrons. The van der Waals surface area contributed by atoms with Crippen LogP contribution in [0.2, 0.25) is 0 Å². The molecule has 0 aromatic heterocycles. The Kier molecular flexibility index (Phi) is 18.4. The van der Waals surface area contributed by atoms with Gasteiger partial charge in [0.25, 0.3) is 0 Å². The van der Waals surface area contributed by atoms with Crippen LogP contribution in [0.15, 0.2) is 30.3 Å². The molecule has 1 unspecified atom stereocenters. The molecule has 0 amide bonds. The average Bonchev–Trinajstić information content (AvgIpc) is 2.87. The first-order chi connectivity index (χ1) is 17.7. The van der Waals surface area contributed by atoms with Gasteiger partial charge in [-0.15, -0.1) is 0 Å². The van der Waals surface area contributed by atoms with Gasteiger partial charge in [0.2, 0.25) is 0 Å². The van der Waals surface area contributed by atoms with Gasteiger partial charge in [0.15, 0.2) is 10.3 Å². The van der Waals surface area contributed by atoms with Gasteiger partial charge in [0.1, 0.15) is 6.04 Å². The van der Waals surface area contributed by atoms with Crippen LogP contribution >= 0.6 is 0 Å². The maximum atomic E-state index is 10.2. The lowest BCUT2D eigenvalue weighted by Gasteiger charge is -2.37. The second-order valence-electron chi connectivity index (χ2n) is 11.6. The summed E-state index contributed by atoms with van der Waals surface area (Å²) in [7, 11) is 0.550. The predicted octanol–water partition coefficient (Wildman–Crippen LogP) is 8.28. The minimum atomic E-state index is -4.22. The summed E-state index contributed by atoms with van der Waals surface area (Å²) in [4.78, 5) is 0. The molecule has 0 aliphatic heterocycles. The Morgan fingerprint density at radius 2 is 1.30 bits per heavy atom. The monoisotopic (exact) mass is 538 g/mol. The number of nitrogens with one attached hydrogen (secondary N) is 1. The third-order valence-electron chi connectivity index (χ3n) is 8.09. The van der Waals surface area contributed by atoms with Gasteiger partial charge in [-0.1, -0.05) is 127 Å². The van der Waals surface area contributed by atoms with E-state index < -0.39 is 10.3 Å². The van der Waals surface area contributed by atoms with Crippen molar-refractivity contribution in [1.29, 1.82) is 0 Å². The zero-order valence-electron chi connectivity index (χ0n) is 24.6. The van der Waals surface area contributed by atoms with Crippen LogP contribution in [0.3, 0.4) is 0 Å². The Labute approximate surface area is 230 Å². The van der Waals surface area contributed by atoms with Crippen LogP contribution in [0.25, 0.3) is 0 Å². The summed E-state index contributed by atoms with van der Waals surface area (Å²) >= 11 is 0. The van der Waals surface area contributed by atoms with Gasteiger partial charge in [0.05, 0.1) is 20.6 Å². The maximum absolute atomic E-state index is 10.2. The van der Waals surface area contributed by atoms with Gasteiger partial charge in [-0.05, 0) is 26.2 Å². The summed E-state index contributed by atoms with van der Waals surface area (Å²) in [6, 6.07) is 11.7. The van der Waals surface area contributed by atoms with Crippen molar-refractivity contribution in [2.75, 3.05) is 20.6 Å². The molecule has 5 nitrogen and oxygen atoms in total. The lowest BCUT2D eigenvalue weighted by Crippen LogP contribution is -2.42. The Balaban J connectivity index is 0.000000516. The summed E-state index contributed by atoms with van der Waals surface area (Å²) in [6.45, 7) is 5.81. The van der Waals surface area contributed by atoms with Crippen molar-refractivity contribution >= 4 is 10.3 Å². The molecule has 1 aromatic carbocycles. The Morgan fingerprint density at radius 3 is 1.76 bits per heavy atom. The molecule has 1 aliphatic rings. The van der Waals surface area contributed by atoms with Crippen LogP contribution in [0.4, 0.5) is 0 Å². The van der Waals surface area contributed by atoms with Crippen molar-refractivity contribution in [3.63, 3.8) is 0 Å². The van der Waals surface area contributed by atoms with Crippen molar-refractivity contribution in [2.45, 2.75) is 142 Å². The van der Waals surface area contributed by atoms with E-state index in [9.17, 15) is 13.0 Å². The van der Waals surface area contributed by atoms with Gasteiger partial charge >= 0.3 is 0 Å². The summed E-state index contributed by atoms with van der Waals surface area (Å²) in [5, 5.41) is 0. The number of unbranched alkanes of at least 4 members (excludes halogenated alkanes) is 11. The van der Waals surface area contributed by atoms with E-state index >= 15 is 0 Å². The van der Waals surface area contributed by atoms with Gasteiger partial charge < -0.3 is 9.04 Å². The molecule has 1 aromatic rings. The average molecular weight is 539 g/mol. The highest BCUT2D eigenvalue weighted by molar-refractivity contribution is 7.83. The van der Waals surface area contributed by atoms with E-state index in [-0.39, 0.29) is 6.04 Å². The molecule has 1 atom stereocenters. The van der Waals surface area contributed by atoms with E-state index in [2.05, 4.69) is 63.0 Å². The standard InChI is InChI=1S/C25H46N.C6H13NO3S/c1-5-7-8-9-10-11-12-13-14-15-16-20-23-25(26(3,4)6-2)24-21-18-17-19-22-24;8-11(9,10)7-6-4-2-1-3-5-6/h17-19,21-22,25H,5-16,20,23H2,1-4H3;6-7H,1-5H2,(H,8,9,10)/q+1;/p-1. The van der Waals surface area contributed by atoms with Crippen LogP contribution in [-0.4, -0.2) is 44.1 Å². The molecular weight excluding hydrogens is 480 g/mol. The molecule has 1 saturated carbocycles.